The number of piperazine rings is 1. The summed E-state index contributed by atoms with van der Waals surface area (Å²) in [5.74, 6) is -0.513. The Bertz CT molecular complexity index is 806. The molecular formula is C17H22ClN3O4S. The summed E-state index contributed by atoms with van der Waals surface area (Å²) in [6.45, 7) is 2.09. The standard InChI is InChI=1S/C17H22ClN3O4S/c1-26(24,25)21-8-6-19(7-9-21)17(23)14-10-16(22)20(12-14)11-13-4-2-3-5-15(13)18/h2-5,14H,6-12H2,1H3/t14-/m1/s1. The lowest BCUT2D eigenvalue weighted by atomic mass is 10.1. The number of sulfonamides is 1. The van der Waals surface area contributed by atoms with E-state index in [2.05, 4.69) is 0 Å². The van der Waals surface area contributed by atoms with E-state index in [0.29, 0.717) is 44.3 Å². The van der Waals surface area contributed by atoms with Gasteiger partial charge >= 0.3 is 0 Å². The van der Waals surface area contributed by atoms with E-state index in [0.717, 1.165) is 5.56 Å². The lowest BCUT2D eigenvalue weighted by Gasteiger charge is -2.34. The fourth-order valence-corrected chi connectivity index (χ4v) is 4.44. The van der Waals surface area contributed by atoms with Crippen molar-refractivity contribution in [2.45, 2.75) is 13.0 Å². The van der Waals surface area contributed by atoms with Crippen LogP contribution in [0.25, 0.3) is 0 Å². The second kappa shape index (κ2) is 7.54. The van der Waals surface area contributed by atoms with E-state index in [1.54, 1.807) is 15.9 Å². The van der Waals surface area contributed by atoms with Crippen molar-refractivity contribution in [2.24, 2.45) is 5.92 Å². The van der Waals surface area contributed by atoms with Crippen molar-refractivity contribution >= 4 is 33.4 Å². The van der Waals surface area contributed by atoms with Gasteiger partial charge in [-0.25, -0.2) is 8.42 Å². The number of rotatable bonds is 4. The monoisotopic (exact) mass is 399 g/mol. The van der Waals surface area contributed by atoms with Gasteiger partial charge in [0.05, 0.1) is 12.2 Å². The number of hydrogen-bond acceptors (Lipinski definition) is 4. The second-order valence-corrected chi connectivity index (χ2v) is 9.14. The molecule has 142 valence electrons. The average Bonchev–Trinajstić information content (AvgIpc) is 2.96. The van der Waals surface area contributed by atoms with E-state index in [9.17, 15) is 18.0 Å². The van der Waals surface area contributed by atoms with Crippen LogP contribution < -0.4 is 0 Å². The SMILES string of the molecule is CS(=O)(=O)N1CCN(C(=O)[C@@H]2CC(=O)N(Cc3ccccc3Cl)C2)CC1. The Morgan fingerprint density at radius 3 is 2.46 bits per heavy atom. The first kappa shape index (κ1) is 19.1. The van der Waals surface area contributed by atoms with Gasteiger partial charge in [0.2, 0.25) is 21.8 Å². The number of halogens is 1. The number of nitrogens with zero attached hydrogens (tertiary/aromatic N) is 3. The first-order valence-electron chi connectivity index (χ1n) is 8.51. The summed E-state index contributed by atoms with van der Waals surface area (Å²) in [4.78, 5) is 28.3. The van der Waals surface area contributed by atoms with Crippen molar-refractivity contribution in [2.75, 3.05) is 39.0 Å². The molecule has 1 aromatic rings. The third-order valence-electron chi connectivity index (χ3n) is 4.90. The summed E-state index contributed by atoms with van der Waals surface area (Å²) in [5.41, 5.74) is 0.859. The molecule has 0 N–H and O–H groups in total. The number of amides is 2. The third-order valence-corrected chi connectivity index (χ3v) is 6.57. The van der Waals surface area contributed by atoms with Crippen molar-refractivity contribution in [3.05, 3.63) is 34.9 Å². The maximum absolute atomic E-state index is 12.7. The Morgan fingerprint density at radius 1 is 1.19 bits per heavy atom. The highest BCUT2D eigenvalue weighted by Gasteiger charge is 2.38. The normalized spacial score (nSPS) is 22.1. The fourth-order valence-electron chi connectivity index (χ4n) is 3.42. The summed E-state index contributed by atoms with van der Waals surface area (Å²) in [6, 6.07) is 7.35. The molecule has 2 saturated heterocycles. The second-order valence-electron chi connectivity index (χ2n) is 6.75. The van der Waals surface area contributed by atoms with Gasteiger partial charge in [-0.05, 0) is 11.6 Å². The molecule has 0 unspecified atom stereocenters. The zero-order chi connectivity index (χ0) is 18.9. The molecule has 2 aliphatic heterocycles. The molecule has 0 spiro atoms. The smallest absolute Gasteiger partial charge is 0.228 e. The average molecular weight is 400 g/mol. The highest BCUT2D eigenvalue weighted by molar-refractivity contribution is 7.88. The zero-order valence-electron chi connectivity index (χ0n) is 14.6. The first-order chi connectivity index (χ1) is 12.3. The minimum atomic E-state index is -3.23. The molecule has 1 aromatic carbocycles. The summed E-state index contributed by atoms with van der Waals surface area (Å²) < 4.78 is 24.5. The van der Waals surface area contributed by atoms with Crippen LogP contribution in [0.2, 0.25) is 5.02 Å². The molecule has 0 saturated carbocycles. The number of hydrogen-bond donors (Lipinski definition) is 0. The van der Waals surface area contributed by atoms with Crippen molar-refractivity contribution in [3.63, 3.8) is 0 Å². The number of carbonyl (C=O) groups is 2. The summed E-state index contributed by atoms with van der Waals surface area (Å²) in [6.07, 6.45) is 1.36. The number of carbonyl (C=O) groups excluding carboxylic acids is 2. The first-order valence-corrected chi connectivity index (χ1v) is 10.7. The van der Waals surface area contributed by atoms with E-state index in [4.69, 9.17) is 11.6 Å². The van der Waals surface area contributed by atoms with Crippen molar-refractivity contribution in [1.82, 2.24) is 14.1 Å². The molecule has 2 aliphatic rings. The molecule has 1 atom stereocenters. The molecule has 0 aliphatic carbocycles. The molecule has 0 radical (unpaired) electrons. The van der Waals surface area contributed by atoms with Crippen LogP contribution in [0.3, 0.4) is 0 Å². The van der Waals surface area contributed by atoms with Crippen LogP contribution in [0.4, 0.5) is 0 Å². The highest BCUT2D eigenvalue weighted by atomic mass is 35.5. The number of likely N-dealkylation sites (tertiary alicyclic amines) is 1. The Morgan fingerprint density at radius 2 is 1.85 bits per heavy atom. The van der Waals surface area contributed by atoms with Gasteiger partial charge in [-0.3, -0.25) is 9.59 Å². The van der Waals surface area contributed by atoms with Crippen LogP contribution in [-0.4, -0.2) is 73.3 Å². The molecule has 0 aromatic heterocycles. The van der Waals surface area contributed by atoms with Crippen LogP contribution in [0, 0.1) is 5.92 Å². The van der Waals surface area contributed by atoms with Crippen molar-refractivity contribution in [1.29, 1.82) is 0 Å². The Hall–Kier alpha value is -1.64. The van der Waals surface area contributed by atoms with Gasteiger partial charge in [0, 0.05) is 50.7 Å². The van der Waals surface area contributed by atoms with Gasteiger partial charge in [0.15, 0.2) is 0 Å². The topological polar surface area (TPSA) is 78.0 Å². The van der Waals surface area contributed by atoms with Crippen LogP contribution in [0.15, 0.2) is 24.3 Å². The molecule has 2 heterocycles. The van der Waals surface area contributed by atoms with Gasteiger partial charge < -0.3 is 9.80 Å². The summed E-state index contributed by atoms with van der Waals surface area (Å²) >= 11 is 6.15. The van der Waals surface area contributed by atoms with E-state index < -0.39 is 10.0 Å². The van der Waals surface area contributed by atoms with Crippen LogP contribution in [0.5, 0.6) is 0 Å². The minimum absolute atomic E-state index is 0.0574. The predicted octanol–water partition coefficient (Wildman–Crippen LogP) is 0.792. The zero-order valence-corrected chi connectivity index (χ0v) is 16.2. The lowest BCUT2D eigenvalue weighted by molar-refractivity contribution is -0.137. The van der Waals surface area contributed by atoms with E-state index in [-0.39, 0.29) is 24.2 Å². The number of benzene rings is 1. The molecule has 2 fully saturated rings. The highest BCUT2D eigenvalue weighted by Crippen LogP contribution is 2.25. The predicted molar refractivity (Wildman–Crippen MR) is 98.0 cm³/mol. The molecule has 2 amide bonds. The largest absolute Gasteiger partial charge is 0.340 e. The summed E-state index contributed by atoms with van der Waals surface area (Å²) in [7, 11) is -3.23. The Balaban J connectivity index is 1.58. The molecule has 26 heavy (non-hydrogen) atoms. The maximum Gasteiger partial charge on any atom is 0.228 e. The van der Waals surface area contributed by atoms with E-state index in [1.165, 1.54) is 10.6 Å². The van der Waals surface area contributed by atoms with Crippen LogP contribution >= 0.6 is 11.6 Å². The van der Waals surface area contributed by atoms with Crippen molar-refractivity contribution in [3.8, 4) is 0 Å². The Kier molecular flexibility index (Phi) is 5.55. The molecule has 3 rings (SSSR count). The maximum atomic E-state index is 12.7. The van der Waals surface area contributed by atoms with E-state index in [1.807, 2.05) is 18.2 Å². The van der Waals surface area contributed by atoms with Gasteiger partial charge in [-0.2, -0.15) is 4.31 Å². The molecule has 7 nitrogen and oxygen atoms in total. The van der Waals surface area contributed by atoms with Crippen LogP contribution in [-0.2, 0) is 26.2 Å². The molecular weight excluding hydrogens is 378 g/mol. The molecule has 9 heteroatoms. The van der Waals surface area contributed by atoms with Crippen molar-refractivity contribution < 1.29 is 18.0 Å². The quantitative estimate of drug-likeness (QED) is 0.750. The van der Waals surface area contributed by atoms with Gasteiger partial charge in [-0.15, -0.1) is 0 Å². The minimum Gasteiger partial charge on any atom is -0.340 e. The Labute approximate surface area is 158 Å². The van der Waals surface area contributed by atoms with Gasteiger partial charge in [0.25, 0.3) is 0 Å². The van der Waals surface area contributed by atoms with E-state index >= 15 is 0 Å². The van der Waals surface area contributed by atoms with Gasteiger partial charge in [0.1, 0.15) is 0 Å². The van der Waals surface area contributed by atoms with Crippen LogP contribution in [0.1, 0.15) is 12.0 Å². The van der Waals surface area contributed by atoms with Gasteiger partial charge in [-0.1, -0.05) is 29.8 Å². The molecule has 0 bridgehead atoms. The summed E-state index contributed by atoms with van der Waals surface area (Å²) in [5, 5.41) is 0.604. The third kappa shape index (κ3) is 4.19. The lowest BCUT2D eigenvalue weighted by Crippen LogP contribution is -2.51. The fraction of sp³-hybridized carbons (Fsp3) is 0.529.